The summed E-state index contributed by atoms with van der Waals surface area (Å²) in [4.78, 5) is 26.8. The first-order valence-corrected chi connectivity index (χ1v) is 14.3. The van der Waals surface area contributed by atoms with E-state index in [1.165, 1.54) is 6.07 Å². The SMILES string of the molecule is C.CCCC[C@@H](C)N(CCCCCc1ccc(O)c2c1OCC(=O)N2)C(=O)CCNCCc1cc(F)ccc1C. The van der Waals surface area contributed by atoms with Gasteiger partial charge in [-0.1, -0.05) is 45.7 Å². The van der Waals surface area contributed by atoms with Gasteiger partial charge in [0.05, 0.1) is 0 Å². The van der Waals surface area contributed by atoms with Crippen molar-refractivity contribution in [2.75, 3.05) is 31.6 Å². The number of phenols is 1. The van der Waals surface area contributed by atoms with Crippen LogP contribution in [0.25, 0.3) is 0 Å². The molecule has 2 amide bonds. The van der Waals surface area contributed by atoms with Crippen LogP contribution in [0.15, 0.2) is 30.3 Å². The number of hydrogen-bond acceptors (Lipinski definition) is 5. The number of amides is 2. The number of aryl methyl sites for hydroxylation is 2. The summed E-state index contributed by atoms with van der Waals surface area (Å²) in [5.41, 5.74) is 3.39. The van der Waals surface area contributed by atoms with Crippen LogP contribution in [0.3, 0.4) is 0 Å². The van der Waals surface area contributed by atoms with Gasteiger partial charge in [-0.25, -0.2) is 4.39 Å². The third-order valence-corrected chi connectivity index (χ3v) is 7.40. The maximum absolute atomic E-state index is 13.5. The van der Waals surface area contributed by atoms with Crippen molar-refractivity contribution in [1.29, 1.82) is 0 Å². The van der Waals surface area contributed by atoms with E-state index in [2.05, 4.69) is 24.5 Å². The topological polar surface area (TPSA) is 90.9 Å². The number of unbranched alkanes of at least 4 members (excludes halogenated alkanes) is 3. The molecule has 40 heavy (non-hydrogen) atoms. The first-order chi connectivity index (χ1) is 18.8. The molecule has 1 atom stereocenters. The number of phenolic OH excluding ortho intramolecular Hbond substituents is 1. The molecule has 1 aliphatic rings. The molecular formula is C32H48FN3O4. The van der Waals surface area contributed by atoms with E-state index in [0.29, 0.717) is 30.9 Å². The zero-order chi connectivity index (χ0) is 28.2. The Kier molecular flexibility index (Phi) is 13.9. The van der Waals surface area contributed by atoms with Crippen LogP contribution >= 0.6 is 0 Å². The fraction of sp³-hybridized carbons (Fsp3) is 0.562. The van der Waals surface area contributed by atoms with Crippen molar-refractivity contribution in [3.8, 4) is 11.5 Å². The van der Waals surface area contributed by atoms with E-state index in [1.807, 2.05) is 17.9 Å². The summed E-state index contributed by atoms with van der Waals surface area (Å²) in [6.07, 6.45) is 7.93. The maximum atomic E-state index is 13.5. The number of rotatable bonds is 16. The van der Waals surface area contributed by atoms with Gasteiger partial charge in [-0.2, -0.15) is 0 Å². The maximum Gasteiger partial charge on any atom is 0.262 e. The van der Waals surface area contributed by atoms with Crippen molar-refractivity contribution < 1.29 is 23.8 Å². The van der Waals surface area contributed by atoms with Crippen LogP contribution < -0.4 is 15.4 Å². The van der Waals surface area contributed by atoms with Gasteiger partial charge in [0.1, 0.15) is 17.3 Å². The molecule has 3 rings (SSSR count). The molecule has 0 bridgehead atoms. The van der Waals surface area contributed by atoms with Crippen molar-refractivity contribution in [2.45, 2.75) is 92.0 Å². The Hall–Kier alpha value is -3.13. The Morgan fingerprint density at radius 1 is 1.12 bits per heavy atom. The van der Waals surface area contributed by atoms with Gasteiger partial charge in [0.15, 0.2) is 12.4 Å². The van der Waals surface area contributed by atoms with E-state index in [4.69, 9.17) is 4.74 Å². The van der Waals surface area contributed by atoms with Crippen LogP contribution in [0.5, 0.6) is 11.5 Å². The van der Waals surface area contributed by atoms with Crippen LogP contribution in [-0.2, 0) is 22.4 Å². The summed E-state index contributed by atoms with van der Waals surface area (Å²) < 4.78 is 19.1. The Bertz CT molecular complexity index is 1110. The fourth-order valence-electron chi connectivity index (χ4n) is 5.03. The smallest absolute Gasteiger partial charge is 0.262 e. The van der Waals surface area contributed by atoms with Crippen molar-refractivity contribution in [3.05, 3.63) is 52.8 Å². The number of nitrogens with zero attached hydrogens (tertiary/aromatic N) is 1. The molecule has 7 nitrogen and oxygen atoms in total. The quantitative estimate of drug-likeness (QED) is 0.170. The number of aromatic hydroxyl groups is 1. The number of halogens is 1. The van der Waals surface area contributed by atoms with Crippen molar-refractivity contribution in [3.63, 3.8) is 0 Å². The number of hydrogen-bond donors (Lipinski definition) is 3. The summed E-state index contributed by atoms with van der Waals surface area (Å²) in [5.74, 6) is 0.251. The molecule has 0 saturated heterocycles. The average molecular weight is 558 g/mol. The zero-order valence-electron chi connectivity index (χ0n) is 23.7. The molecular weight excluding hydrogens is 509 g/mol. The predicted octanol–water partition coefficient (Wildman–Crippen LogP) is 6.15. The third kappa shape index (κ3) is 9.81. The fourth-order valence-corrected chi connectivity index (χ4v) is 5.03. The molecule has 0 radical (unpaired) electrons. The first kappa shape index (κ1) is 33.1. The highest BCUT2D eigenvalue weighted by molar-refractivity contribution is 5.97. The minimum Gasteiger partial charge on any atom is -0.506 e. The molecule has 8 heteroatoms. The molecule has 0 fully saturated rings. The second kappa shape index (κ2) is 16.9. The Balaban J connectivity index is 0.00000560. The summed E-state index contributed by atoms with van der Waals surface area (Å²) in [6, 6.07) is 8.50. The second-order valence-corrected chi connectivity index (χ2v) is 10.5. The van der Waals surface area contributed by atoms with Crippen LogP contribution in [0.1, 0.15) is 82.9 Å². The molecule has 1 heterocycles. The van der Waals surface area contributed by atoms with Gasteiger partial charge in [-0.15, -0.1) is 0 Å². The molecule has 0 aliphatic carbocycles. The predicted molar refractivity (Wildman–Crippen MR) is 160 cm³/mol. The number of ether oxygens (including phenoxy) is 1. The largest absolute Gasteiger partial charge is 0.506 e. The molecule has 0 saturated carbocycles. The number of nitrogens with one attached hydrogen (secondary N) is 2. The highest BCUT2D eigenvalue weighted by atomic mass is 19.1. The summed E-state index contributed by atoms with van der Waals surface area (Å²) >= 11 is 0. The molecule has 2 aromatic carbocycles. The van der Waals surface area contributed by atoms with Crippen LogP contribution in [0.2, 0.25) is 0 Å². The van der Waals surface area contributed by atoms with Crippen LogP contribution in [0.4, 0.5) is 10.1 Å². The normalized spacial score (nSPS) is 13.1. The molecule has 0 unspecified atom stereocenters. The van der Waals surface area contributed by atoms with E-state index in [9.17, 15) is 19.1 Å². The standard InChI is InChI=1S/C31H44FN3O4.CH4/c1-4-5-9-23(3)35(29(38)16-18-33-17-15-25-20-26(32)13-11-22(25)2)19-8-6-7-10-24-12-14-27(36)30-31(24)39-21-28(37)34-30;/h11-14,20,23,33,36H,4-10,15-19,21H2,1-3H3,(H,34,37);1H4/t23-;/m1./s1. The van der Waals surface area contributed by atoms with Crippen LogP contribution in [-0.4, -0.2) is 54.1 Å². The lowest BCUT2D eigenvalue weighted by atomic mass is 10.0. The van der Waals surface area contributed by atoms with Crippen molar-refractivity contribution in [2.24, 2.45) is 0 Å². The van der Waals surface area contributed by atoms with E-state index in [-0.39, 0.29) is 43.5 Å². The van der Waals surface area contributed by atoms with Gasteiger partial charge in [-0.3, -0.25) is 9.59 Å². The van der Waals surface area contributed by atoms with Gasteiger partial charge >= 0.3 is 0 Å². The highest BCUT2D eigenvalue weighted by Crippen LogP contribution is 2.39. The lowest BCUT2D eigenvalue weighted by Gasteiger charge is -2.30. The molecule has 0 spiro atoms. The minimum absolute atomic E-state index is 0. The molecule has 0 aromatic heterocycles. The van der Waals surface area contributed by atoms with Crippen molar-refractivity contribution in [1.82, 2.24) is 10.2 Å². The molecule has 222 valence electrons. The zero-order valence-corrected chi connectivity index (χ0v) is 23.7. The summed E-state index contributed by atoms with van der Waals surface area (Å²) in [6.45, 7) is 8.29. The van der Waals surface area contributed by atoms with Crippen LogP contribution in [0, 0.1) is 12.7 Å². The van der Waals surface area contributed by atoms with Gasteiger partial charge in [0.25, 0.3) is 5.91 Å². The third-order valence-electron chi connectivity index (χ3n) is 7.40. The number of carbonyl (C=O) groups is 2. The van der Waals surface area contributed by atoms with Gasteiger partial charge < -0.3 is 25.4 Å². The van der Waals surface area contributed by atoms with Gasteiger partial charge in [0.2, 0.25) is 5.91 Å². The van der Waals surface area contributed by atoms with Gasteiger partial charge in [-0.05, 0) is 87.4 Å². The second-order valence-electron chi connectivity index (χ2n) is 10.5. The Morgan fingerprint density at radius 2 is 1.93 bits per heavy atom. The Labute approximate surface area is 239 Å². The van der Waals surface area contributed by atoms with Crippen molar-refractivity contribution >= 4 is 17.5 Å². The number of carbonyl (C=O) groups excluding carboxylic acids is 2. The number of anilines is 1. The monoisotopic (exact) mass is 557 g/mol. The number of benzene rings is 2. The molecule has 2 aromatic rings. The number of fused-ring (bicyclic) bond motifs is 1. The van der Waals surface area contributed by atoms with E-state index in [0.717, 1.165) is 74.6 Å². The first-order valence-electron chi connectivity index (χ1n) is 14.3. The minimum atomic E-state index is -0.270. The molecule has 1 aliphatic heterocycles. The average Bonchev–Trinajstić information content (AvgIpc) is 2.92. The lowest BCUT2D eigenvalue weighted by Crippen LogP contribution is -2.40. The van der Waals surface area contributed by atoms with E-state index >= 15 is 0 Å². The summed E-state index contributed by atoms with van der Waals surface area (Å²) in [7, 11) is 0. The highest BCUT2D eigenvalue weighted by Gasteiger charge is 2.23. The summed E-state index contributed by atoms with van der Waals surface area (Å²) in [5, 5.41) is 16.1. The molecule has 3 N–H and O–H groups in total. The Morgan fingerprint density at radius 3 is 2.70 bits per heavy atom. The lowest BCUT2D eigenvalue weighted by molar-refractivity contribution is -0.133. The van der Waals surface area contributed by atoms with E-state index < -0.39 is 0 Å². The van der Waals surface area contributed by atoms with E-state index in [1.54, 1.807) is 18.2 Å². The van der Waals surface area contributed by atoms with Gasteiger partial charge in [0, 0.05) is 25.6 Å².